The Morgan fingerprint density at radius 1 is 1.29 bits per heavy atom. The summed E-state index contributed by atoms with van der Waals surface area (Å²) in [5, 5.41) is 0.894. The first-order chi connectivity index (χ1) is 11.7. The highest BCUT2D eigenvalue weighted by molar-refractivity contribution is 7.98. The lowest BCUT2D eigenvalue weighted by Crippen LogP contribution is -2.39. The highest BCUT2D eigenvalue weighted by Gasteiger charge is 2.26. The van der Waals surface area contributed by atoms with Gasteiger partial charge in [-0.15, -0.1) is 0 Å². The first-order valence-electron chi connectivity index (χ1n) is 8.07. The van der Waals surface area contributed by atoms with E-state index in [0.29, 0.717) is 21.8 Å². The molecule has 2 aromatic rings. The number of likely N-dealkylation sites (tertiary alicyclic amines) is 1. The van der Waals surface area contributed by atoms with Gasteiger partial charge in [0.15, 0.2) is 10.9 Å². The van der Waals surface area contributed by atoms with Crippen LogP contribution in [0, 0.1) is 5.92 Å². The highest BCUT2D eigenvalue weighted by atomic mass is 35.5. The SMILES string of the molecule is CSc1ncc(Cl)c(C(=O)N2CCC(Cc3ccccc3)CC2)n1. The number of thioether (sulfide) groups is 1. The zero-order valence-corrected chi connectivity index (χ0v) is 15.2. The maximum atomic E-state index is 12.7. The molecule has 0 spiro atoms. The van der Waals surface area contributed by atoms with Crippen LogP contribution in [0.1, 0.15) is 28.9 Å². The maximum absolute atomic E-state index is 12.7. The fourth-order valence-corrected chi connectivity index (χ4v) is 3.55. The van der Waals surface area contributed by atoms with Gasteiger partial charge in [-0.05, 0) is 37.0 Å². The Kier molecular flexibility index (Phi) is 5.74. The van der Waals surface area contributed by atoms with Crippen LogP contribution >= 0.6 is 23.4 Å². The molecule has 1 aromatic carbocycles. The minimum atomic E-state index is -0.0872. The van der Waals surface area contributed by atoms with Gasteiger partial charge in [0.1, 0.15) is 0 Å². The standard InChI is InChI=1S/C18H20ClN3OS/c1-24-18-20-12-15(19)16(21-18)17(23)22-9-7-14(8-10-22)11-13-5-3-2-4-6-13/h2-6,12,14H,7-11H2,1H3. The minimum absolute atomic E-state index is 0.0872. The lowest BCUT2D eigenvalue weighted by molar-refractivity contribution is 0.0683. The molecule has 2 heterocycles. The molecule has 1 saturated heterocycles. The average molecular weight is 362 g/mol. The number of benzene rings is 1. The minimum Gasteiger partial charge on any atom is -0.337 e. The molecule has 24 heavy (non-hydrogen) atoms. The van der Waals surface area contributed by atoms with Crippen LogP contribution in [0.5, 0.6) is 0 Å². The Labute approximate surface area is 151 Å². The molecule has 1 aromatic heterocycles. The molecule has 4 nitrogen and oxygen atoms in total. The van der Waals surface area contributed by atoms with E-state index in [1.807, 2.05) is 17.2 Å². The number of hydrogen-bond acceptors (Lipinski definition) is 4. The third-order valence-corrected chi connectivity index (χ3v) is 5.21. The fraction of sp³-hybridized carbons (Fsp3) is 0.389. The van der Waals surface area contributed by atoms with Gasteiger partial charge in [-0.1, -0.05) is 53.7 Å². The van der Waals surface area contributed by atoms with E-state index in [-0.39, 0.29) is 5.91 Å². The third-order valence-electron chi connectivity index (χ3n) is 4.38. The molecule has 1 aliphatic rings. The number of rotatable bonds is 4. The largest absolute Gasteiger partial charge is 0.337 e. The number of hydrogen-bond donors (Lipinski definition) is 0. The lowest BCUT2D eigenvalue weighted by atomic mass is 9.90. The van der Waals surface area contributed by atoms with E-state index >= 15 is 0 Å². The van der Waals surface area contributed by atoms with Crippen LogP contribution in [0.15, 0.2) is 41.7 Å². The molecule has 126 valence electrons. The summed E-state index contributed by atoms with van der Waals surface area (Å²) in [4.78, 5) is 22.9. The second-order valence-corrected chi connectivity index (χ2v) is 7.16. The van der Waals surface area contributed by atoms with Crippen LogP contribution in [-0.2, 0) is 6.42 Å². The van der Waals surface area contributed by atoms with Crippen molar-refractivity contribution in [2.45, 2.75) is 24.4 Å². The molecule has 0 aliphatic carbocycles. The molecule has 0 saturated carbocycles. The summed E-state index contributed by atoms with van der Waals surface area (Å²) in [5.41, 5.74) is 1.68. The predicted molar refractivity (Wildman–Crippen MR) is 97.6 cm³/mol. The van der Waals surface area contributed by atoms with Crippen LogP contribution in [-0.4, -0.2) is 40.1 Å². The van der Waals surface area contributed by atoms with Crippen molar-refractivity contribution < 1.29 is 4.79 Å². The Morgan fingerprint density at radius 2 is 2.00 bits per heavy atom. The van der Waals surface area contributed by atoms with Crippen LogP contribution < -0.4 is 0 Å². The molecule has 1 amide bonds. The molecular formula is C18H20ClN3OS. The van der Waals surface area contributed by atoms with Crippen molar-refractivity contribution in [1.82, 2.24) is 14.9 Å². The molecule has 1 aliphatic heterocycles. The Morgan fingerprint density at radius 3 is 2.67 bits per heavy atom. The molecule has 0 bridgehead atoms. The molecular weight excluding hydrogens is 342 g/mol. The number of piperidine rings is 1. The molecule has 6 heteroatoms. The smallest absolute Gasteiger partial charge is 0.274 e. The summed E-state index contributed by atoms with van der Waals surface area (Å²) in [5.74, 6) is 0.537. The van der Waals surface area contributed by atoms with E-state index in [0.717, 1.165) is 32.4 Å². The normalized spacial score (nSPS) is 15.5. The summed E-state index contributed by atoms with van der Waals surface area (Å²) < 4.78 is 0. The second kappa shape index (κ2) is 7.99. The number of aromatic nitrogens is 2. The van der Waals surface area contributed by atoms with Gasteiger partial charge in [-0.25, -0.2) is 9.97 Å². The van der Waals surface area contributed by atoms with E-state index in [9.17, 15) is 4.79 Å². The second-order valence-electron chi connectivity index (χ2n) is 5.98. The van der Waals surface area contributed by atoms with Gasteiger partial charge in [0, 0.05) is 13.1 Å². The van der Waals surface area contributed by atoms with Crippen molar-refractivity contribution in [3.63, 3.8) is 0 Å². The molecule has 0 atom stereocenters. The average Bonchev–Trinajstić information content (AvgIpc) is 2.63. The zero-order chi connectivity index (χ0) is 16.9. The number of amides is 1. The van der Waals surface area contributed by atoms with E-state index in [4.69, 9.17) is 11.6 Å². The molecule has 0 N–H and O–H groups in total. The summed E-state index contributed by atoms with van der Waals surface area (Å²) in [6.45, 7) is 1.51. The van der Waals surface area contributed by atoms with Crippen molar-refractivity contribution in [3.05, 3.63) is 52.8 Å². The fourth-order valence-electron chi connectivity index (χ4n) is 3.04. The van der Waals surface area contributed by atoms with Crippen molar-refractivity contribution in [2.75, 3.05) is 19.3 Å². The van der Waals surface area contributed by atoms with E-state index in [1.165, 1.54) is 23.5 Å². The molecule has 3 rings (SSSR count). The summed E-state index contributed by atoms with van der Waals surface area (Å²) in [6, 6.07) is 10.5. The van der Waals surface area contributed by atoms with Gasteiger partial charge in [0.25, 0.3) is 5.91 Å². The van der Waals surface area contributed by atoms with Crippen LogP contribution in [0.3, 0.4) is 0 Å². The van der Waals surface area contributed by atoms with Gasteiger partial charge in [0.05, 0.1) is 11.2 Å². The number of halogens is 1. The zero-order valence-electron chi connectivity index (χ0n) is 13.6. The third kappa shape index (κ3) is 4.08. The predicted octanol–water partition coefficient (Wildman–Crippen LogP) is 3.95. The van der Waals surface area contributed by atoms with Gasteiger partial charge in [-0.2, -0.15) is 0 Å². The number of carbonyl (C=O) groups excluding carboxylic acids is 1. The van der Waals surface area contributed by atoms with Gasteiger partial charge < -0.3 is 4.90 Å². The molecule has 0 radical (unpaired) electrons. The van der Waals surface area contributed by atoms with Crippen molar-refractivity contribution >= 4 is 29.3 Å². The van der Waals surface area contributed by atoms with Crippen molar-refractivity contribution in [1.29, 1.82) is 0 Å². The topological polar surface area (TPSA) is 46.1 Å². The number of carbonyl (C=O) groups is 1. The summed E-state index contributed by atoms with van der Waals surface area (Å²) in [6.07, 6.45) is 6.49. The quantitative estimate of drug-likeness (QED) is 0.611. The van der Waals surface area contributed by atoms with E-state index in [2.05, 4.69) is 34.2 Å². The first-order valence-corrected chi connectivity index (χ1v) is 9.67. The highest BCUT2D eigenvalue weighted by Crippen LogP contribution is 2.24. The molecule has 1 fully saturated rings. The lowest BCUT2D eigenvalue weighted by Gasteiger charge is -2.32. The van der Waals surface area contributed by atoms with E-state index in [1.54, 1.807) is 0 Å². The van der Waals surface area contributed by atoms with Gasteiger partial charge in [-0.3, -0.25) is 4.79 Å². The Hall–Kier alpha value is -1.59. The van der Waals surface area contributed by atoms with Crippen molar-refractivity contribution in [3.8, 4) is 0 Å². The Balaban J connectivity index is 1.61. The number of nitrogens with zero attached hydrogens (tertiary/aromatic N) is 3. The van der Waals surface area contributed by atoms with Gasteiger partial charge in [0.2, 0.25) is 0 Å². The monoisotopic (exact) mass is 361 g/mol. The van der Waals surface area contributed by atoms with Gasteiger partial charge >= 0.3 is 0 Å². The van der Waals surface area contributed by atoms with Crippen molar-refractivity contribution in [2.24, 2.45) is 5.92 Å². The first kappa shape index (κ1) is 17.2. The molecule has 0 unspecified atom stereocenters. The van der Waals surface area contributed by atoms with Crippen LogP contribution in [0.25, 0.3) is 0 Å². The van der Waals surface area contributed by atoms with Crippen LogP contribution in [0.4, 0.5) is 0 Å². The maximum Gasteiger partial charge on any atom is 0.274 e. The summed E-state index contributed by atoms with van der Waals surface area (Å²) in [7, 11) is 0. The van der Waals surface area contributed by atoms with Crippen LogP contribution in [0.2, 0.25) is 5.02 Å². The Bertz CT molecular complexity index is 703. The van der Waals surface area contributed by atoms with E-state index < -0.39 is 0 Å². The summed E-state index contributed by atoms with van der Waals surface area (Å²) >= 11 is 7.53.